The molecule has 0 spiro atoms. The third kappa shape index (κ3) is 7.97. The largest absolute Gasteiger partial charge is 0.352 e. The molecule has 4 N–H and O–H groups in total. The van der Waals surface area contributed by atoms with Gasteiger partial charge >= 0.3 is 0 Å². The summed E-state index contributed by atoms with van der Waals surface area (Å²) < 4.78 is 0. The van der Waals surface area contributed by atoms with Crippen molar-refractivity contribution in [3.05, 3.63) is 144 Å². The van der Waals surface area contributed by atoms with E-state index >= 15 is 0 Å². The summed E-state index contributed by atoms with van der Waals surface area (Å²) >= 11 is 0. The fraction of sp³-hybridized carbons (Fsp3) is 0.464. The summed E-state index contributed by atoms with van der Waals surface area (Å²) in [7, 11) is 0. The smallest absolute Gasteiger partial charge is 0.228 e. The maximum atomic E-state index is 14.8. The molecule has 2 aliphatic heterocycles. The van der Waals surface area contributed by atoms with Crippen LogP contribution in [0.5, 0.6) is 0 Å². The summed E-state index contributed by atoms with van der Waals surface area (Å²) in [6.07, 6.45) is 5.18. The van der Waals surface area contributed by atoms with Gasteiger partial charge in [-0.1, -0.05) is 121 Å². The van der Waals surface area contributed by atoms with Gasteiger partial charge in [0.25, 0.3) is 0 Å². The van der Waals surface area contributed by atoms with Crippen LogP contribution in [0.3, 0.4) is 0 Å². The molecule has 12 atom stereocenters. The summed E-state index contributed by atoms with van der Waals surface area (Å²) in [5, 5.41) is 13.0. The SMILES string of the molecule is O=C(N[C@H]1C[C@@H]1c1ccccc1)[C@@H]1CN(C(=O)C23CCC(C(=O)N4C[C@@H](C(=O)N[C@H]5C[C@@H]5c5ccccc5)[C@H](C(=O)N[C@H]5C[C@@H]5c5ccccc5)C4)(C2)C3)C[C@H]1C(=O)N[C@H]1C[C@@H]1c1ccccc1. The van der Waals surface area contributed by atoms with Crippen LogP contribution in [0.4, 0.5) is 0 Å². The first-order chi connectivity index (χ1) is 33.1. The van der Waals surface area contributed by atoms with Crippen molar-refractivity contribution in [2.45, 2.75) is 99.2 Å². The Balaban J connectivity index is 0.716. The van der Waals surface area contributed by atoms with E-state index < -0.39 is 34.5 Å². The molecule has 4 aromatic carbocycles. The van der Waals surface area contributed by atoms with E-state index in [9.17, 15) is 28.8 Å². The standard InChI is InChI=1S/C56H60N6O6/c63-49(57-45-23-37(45)33-13-5-1-6-14-33)41-27-61(28-42(41)50(64)58-46-24-38(46)34-15-7-2-8-16-34)53(67)55-21-22-56(31-55,32-55)54(68)62-29-43(51(65)59-47-25-39(47)35-17-9-3-10-18-35)44(30-62)52(66)60-48-26-40(48)36-19-11-4-12-20-36/h1-20,37-48H,21-32H2,(H,57,63)(H,58,64)(H,59,65)(H,60,66)/t37-,38-,39-,40-,41-,42-,43-,44-,45+,46+,47+,48+,55?,56?/m1/s1. The number of amides is 6. The third-order valence-corrected chi connectivity index (χ3v) is 17.3. The Labute approximate surface area is 397 Å². The fourth-order valence-electron chi connectivity index (χ4n) is 13.1. The van der Waals surface area contributed by atoms with Crippen LogP contribution in [-0.4, -0.2) is 95.6 Å². The molecule has 12 heteroatoms. The normalized spacial score (nSPS) is 35.6. The van der Waals surface area contributed by atoms with Crippen molar-refractivity contribution in [3.8, 4) is 0 Å². The second-order valence-electron chi connectivity index (χ2n) is 21.7. The highest BCUT2D eigenvalue weighted by molar-refractivity contribution is 5.97. The molecule has 9 fully saturated rings. The molecule has 6 amide bonds. The molecule has 2 saturated heterocycles. The lowest BCUT2D eigenvalue weighted by Crippen LogP contribution is -2.55. The predicted octanol–water partition coefficient (Wildman–Crippen LogP) is 5.39. The fourth-order valence-corrected chi connectivity index (χ4v) is 13.1. The average molecular weight is 913 g/mol. The highest BCUT2D eigenvalue weighted by Gasteiger charge is 2.70. The molecule has 2 heterocycles. The Hall–Kier alpha value is -6.30. The number of nitrogens with zero attached hydrogens (tertiary/aromatic N) is 2. The number of hydrogen-bond acceptors (Lipinski definition) is 6. The first kappa shape index (κ1) is 43.0. The summed E-state index contributed by atoms with van der Waals surface area (Å²) in [5.41, 5.74) is 3.20. The second kappa shape index (κ2) is 16.7. The number of carbonyl (C=O) groups is 6. The van der Waals surface area contributed by atoms with Gasteiger partial charge in [0.05, 0.1) is 34.5 Å². The third-order valence-electron chi connectivity index (χ3n) is 17.3. The molecular formula is C56H60N6O6. The van der Waals surface area contributed by atoms with Gasteiger partial charge in [-0.25, -0.2) is 0 Å². The highest BCUT2D eigenvalue weighted by atomic mass is 16.2. The molecule has 0 aromatic heterocycles. The van der Waals surface area contributed by atoms with Crippen LogP contribution in [0.25, 0.3) is 0 Å². The number of benzene rings is 4. The molecule has 7 aliphatic carbocycles. The molecule has 7 saturated carbocycles. The van der Waals surface area contributed by atoms with E-state index in [1.54, 1.807) is 9.80 Å². The molecule has 12 nitrogen and oxygen atoms in total. The molecule has 13 rings (SSSR count). The van der Waals surface area contributed by atoms with E-state index in [0.717, 1.165) is 25.7 Å². The van der Waals surface area contributed by atoms with Crippen LogP contribution in [-0.2, 0) is 28.8 Å². The number of carbonyl (C=O) groups excluding carboxylic acids is 6. The molecular weight excluding hydrogens is 853 g/mol. The molecule has 350 valence electrons. The number of likely N-dealkylation sites (tertiary alicyclic amines) is 2. The number of nitrogens with one attached hydrogen (secondary N) is 4. The van der Waals surface area contributed by atoms with Crippen molar-refractivity contribution in [2.75, 3.05) is 26.2 Å². The van der Waals surface area contributed by atoms with Gasteiger partial charge in [0, 0.05) is 74.0 Å². The first-order valence-corrected chi connectivity index (χ1v) is 25.1. The van der Waals surface area contributed by atoms with Crippen LogP contribution >= 0.6 is 0 Å². The van der Waals surface area contributed by atoms with E-state index in [4.69, 9.17) is 0 Å². The molecule has 2 bridgehead atoms. The summed E-state index contributed by atoms with van der Waals surface area (Å²) in [6, 6.07) is 40.5. The summed E-state index contributed by atoms with van der Waals surface area (Å²) in [6.45, 7) is 0.607. The van der Waals surface area contributed by atoms with E-state index in [1.807, 2.05) is 72.8 Å². The Bertz CT molecular complexity index is 2290. The van der Waals surface area contributed by atoms with Crippen LogP contribution in [0.2, 0.25) is 0 Å². The van der Waals surface area contributed by atoms with Gasteiger partial charge in [0.15, 0.2) is 0 Å². The Morgan fingerprint density at radius 3 is 0.838 bits per heavy atom. The van der Waals surface area contributed by atoms with Gasteiger partial charge < -0.3 is 31.1 Å². The van der Waals surface area contributed by atoms with Crippen molar-refractivity contribution in [3.63, 3.8) is 0 Å². The van der Waals surface area contributed by atoms with Crippen LogP contribution in [0, 0.1) is 34.5 Å². The molecule has 68 heavy (non-hydrogen) atoms. The molecule has 9 aliphatic rings. The lowest BCUT2D eigenvalue weighted by molar-refractivity contribution is -0.159. The van der Waals surface area contributed by atoms with Crippen LogP contribution in [0.15, 0.2) is 121 Å². The zero-order chi connectivity index (χ0) is 46.3. The van der Waals surface area contributed by atoms with Crippen molar-refractivity contribution in [1.82, 2.24) is 31.1 Å². The van der Waals surface area contributed by atoms with Crippen molar-refractivity contribution < 1.29 is 28.8 Å². The zero-order valence-electron chi connectivity index (χ0n) is 38.3. The van der Waals surface area contributed by atoms with Gasteiger partial charge in [0.2, 0.25) is 35.4 Å². The minimum absolute atomic E-state index is 0.0160. The van der Waals surface area contributed by atoms with Gasteiger partial charge in [-0.15, -0.1) is 0 Å². The average Bonchev–Trinajstić information content (AvgIpc) is 4.34. The topological polar surface area (TPSA) is 157 Å². The van der Waals surface area contributed by atoms with E-state index in [-0.39, 0.29) is 109 Å². The van der Waals surface area contributed by atoms with Gasteiger partial charge in [-0.3, -0.25) is 28.8 Å². The van der Waals surface area contributed by atoms with Crippen molar-refractivity contribution in [2.24, 2.45) is 34.5 Å². The minimum Gasteiger partial charge on any atom is -0.352 e. The number of fused-ring (bicyclic) bond motifs is 1. The van der Waals surface area contributed by atoms with Gasteiger partial charge in [-0.05, 0) is 73.6 Å². The Morgan fingerprint density at radius 2 is 0.603 bits per heavy atom. The Kier molecular flexibility index (Phi) is 10.6. The second-order valence-corrected chi connectivity index (χ2v) is 21.7. The van der Waals surface area contributed by atoms with E-state index in [1.165, 1.54) is 22.3 Å². The lowest BCUT2D eigenvalue weighted by atomic mass is 9.59. The number of hydrogen-bond donors (Lipinski definition) is 4. The monoisotopic (exact) mass is 912 g/mol. The summed E-state index contributed by atoms with van der Waals surface area (Å²) in [5.74, 6) is -2.81. The zero-order valence-corrected chi connectivity index (χ0v) is 38.3. The molecule has 0 unspecified atom stereocenters. The maximum absolute atomic E-state index is 14.8. The molecule has 4 aromatic rings. The van der Waals surface area contributed by atoms with Crippen LogP contribution < -0.4 is 21.3 Å². The predicted molar refractivity (Wildman–Crippen MR) is 253 cm³/mol. The lowest BCUT2D eigenvalue weighted by Gasteiger charge is -2.47. The first-order valence-electron chi connectivity index (χ1n) is 25.1. The molecule has 0 radical (unpaired) electrons. The Morgan fingerprint density at radius 1 is 0.368 bits per heavy atom. The van der Waals surface area contributed by atoms with Crippen molar-refractivity contribution in [1.29, 1.82) is 0 Å². The van der Waals surface area contributed by atoms with Crippen LogP contribution in [0.1, 0.15) is 97.3 Å². The van der Waals surface area contributed by atoms with E-state index in [2.05, 4.69) is 69.8 Å². The number of rotatable bonds is 14. The van der Waals surface area contributed by atoms with Gasteiger partial charge in [-0.2, -0.15) is 0 Å². The maximum Gasteiger partial charge on any atom is 0.228 e. The van der Waals surface area contributed by atoms with Gasteiger partial charge in [0.1, 0.15) is 0 Å². The summed E-state index contributed by atoms with van der Waals surface area (Å²) in [4.78, 5) is 89.6. The van der Waals surface area contributed by atoms with E-state index in [0.29, 0.717) is 25.7 Å². The quantitative estimate of drug-likeness (QED) is 0.133. The minimum atomic E-state index is -0.754. The highest BCUT2D eigenvalue weighted by Crippen LogP contribution is 2.68. The van der Waals surface area contributed by atoms with Crippen molar-refractivity contribution >= 4 is 35.4 Å².